The second kappa shape index (κ2) is 5.99. The Hall–Kier alpha value is -0.590. The summed E-state index contributed by atoms with van der Waals surface area (Å²) >= 11 is 0. The molecular formula is C11H21N. The maximum atomic E-state index is 4.31. The monoisotopic (exact) mass is 167 g/mol. The molecule has 0 aromatic rings. The zero-order chi connectivity index (χ0) is 9.56. The molecule has 0 aliphatic rings. The Kier molecular flexibility index (Phi) is 5.69. The van der Waals surface area contributed by atoms with Crippen LogP contribution < -0.4 is 0 Å². The largest absolute Gasteiger partial charge is 0.293 e. The summed E-state index contributed by atoms with van der Waals surface area (Å²) in [6.45, 7) is 11.8. The van der Waals surface area contributed by atoms with Crippen molar-refractivity contribution in [1.82, 2.24) is 0 Å². The molecule has 0 fully saturated rings. The molecule has 1 heteroatoms. The van der Waals surface area contributed by atoms with Crippen LogP contribution in [0.4, 0.5) is 0 Å². The maximum absolute atomic E-state index is 4.31. The average Bonchev–Trinajstić information content (AvgIpc) is 2.03. The van der Waals surface area contributed by atoms with Crippen molar-refractivity contribution in [3.63, 3.8) is 0 Å². The molecule has 0 aliphatic heterocycles. The zero-order valence-corrected chi connectivity index (χ0v) is 9.02. The van der Waals surface area contributed by atoms with Crippen molar-refractivity contribution in [2.24, 2.45) is 10.9 Å². The number of aliphatic imine (C=N–C) groups is 1. The van der Waals surface area contributed by atoms with Crippen LogP contribution in [-0.2, 0) is 0 Å². The second-order valence-electron chi connectivity index (χ2n) is 3.55. The molecule has 0 unspecified atom stereocenters. The first-order valence-electron chi connectivity index (χ1n) is 4.74. The lowest BCUT2D eigenvalue weighted by molar-refractivity contribution is 0.751. The van der Waals surface area contributed by atoms with Crippen molar-refractivity contribution in [3.8, 4) is 0 Å². The van der Waals surface area contributed by atoms with Crippen LogP contribution >= 0.6 is 0 Å². The standard InChI is InChI=1S/C11H21N/c1-6-7-12-8-10(4)11(5)9(2)3/h7,9H,6,8H2,1-5H3/b11-10-,12-7?. The molecule has 0 amide bonds. The van der Waals surface area contributed by atoms with Gasteiger partial charge in [-0.25, -0.2) is 0 Å². The van der Waals surface area contributed by atoms with E-state index in [0.29, 0.717) is 5.92 Å². The lowest BCUT2D eigenvalue weighted by Gasteiger charge is -2.08. The first-order chi connectivity index (χ1) is 5.59. The first-order valence-corrected chi connectivity index (χ1v) is 4.74. The van der Waals surface area contributed by atoms with Crippen LogP contribution in [0, 0.1) is 5.92 Å². The van der Waals surface area contributed by atoms with E-state index in [2.05, 4.69) is 39.6 Å². The lowest BCUT2D eigenvalue weighted by atomic mass is 10.0. The van der Waals surface area contributed by atoms with Gasteiger partial charge in [-0.1, -0.05) is 31.9 Å². The Labute approximate surface area is 76.6 Å². The molecule has 70 valence electrons. The molecule has 0 atom stereocenters. The average molecular weight is 167 g/mol. The molecule has 12 heavy (non-hydrogen) atoms. The van der Waals surface area contributed by atoms with Gasteiger partial charge in [-0.2, -0.15) is 0 Å². The smallest absolute Gasteiger partial charge is 0.0595 e. The summed E-state index contributed by atoms with van der Waals surface area (Å²) in [5.74, 6) is 0.654. The Morgan fingerprint density at radius 3 is 2.33 bits per heavy atom. The highest BCUT2D eigenvalue weighted by Gasteiger charge is 1.99. The summed E-state index contributed by atoms with van der Waals surface area (Å²) in [5.41, 5.74) is 2.89. The highest BCUT2D eigenvalue weighted by Crippen LogP contribution is 2.13. The van der Waals surface area contributed by atoms with Crippen LogP contribution in [0.25, 0.3) is 0 Å². The van der Waals surface area contributed by atoms with E-state index in [4.69, 9.17) is 0 Å². The first kappa shape index (κ1) is 11.4. The van der Waals surface area contributed by atoms with Gasteiger partial charge in [0.25, 0.3) is 0 Å². The van der Waals surface area contributed by atoms with Crippen LogP contribution in [0.1, 0.15) is 41.0 Å². The van der Waals surface area contributed by atoms with Crippen molar-refractivity contribution in [2.45, 2.75) is 41.0 Å². The minimum absolute atomic E-state index is 0.654. The van der Waals surface area contributed by atoms with E-state index in [1.165, 1.54) is 11.1 Å². The van der Waals surface area contributed by atoms with Gasteiger partial charge in [0.05, 0.1) is 6.54 Å². The van der Waals surface area contributed by atoms with E-state index in [1.54, 1.807) is 0 Å². The number of nitrogens with zero attached hydrogens (tertiary/aromatic N) is 1. The van der Waals surface area contributed by atoms with Crippen LogP contribution in [-0.4, -0.2) is 12.8 Å². The van der Waals surface area contributed by atoms with Gasteiger partial charge >= 0.3 is 0 Å². The fraction of sp³-hybridized carbons (Fsp3) is 0.727. The quantitative estimate of drug-likeness (QED) is 0.449. The highest BCUT2D eigenvalue weighted by molar-refractivity contribution is 5.56. The molecule has 0 heterocycles. The van der Waals surface area contributed by atoms with Gasteiger partial charge in [-0.3, -0.25) is 4.99 Å². The van der Waals surface area contributed by atoms with E-state index in [-0.39, 0.29) is 0 Å². The number of rotatable bonds is 4. The van der Waals surface area contributed by atoms with E-state index in [1.807, 2.05) is 6.21 Å². The van der Waals surface area contributed by atoms with E-state index >= 15 is 0 Å². The van der Waals surface area contributed by atoms with Gasteiger partial charge in [0.2, 0.25) is 0 Å². The summed E-state index contributed by atoms with van der Waals surface area (Å²) < 4.78 is 0. The van der Waals surface area contributed by atoms with Gasteiger partial charge in [0.15, 0.2) is 0 Å². The highest BCUT2D eigenvalue weighted by atomic mass is 14.7. The predicted octanol–water partition coefficient (Wildman–Crippen LogP) is 3.46. The van der Waals surface area contributed by atoms with Gasteiger partial charge in [0, 0.05) is 0 Å². The fourth-order valence-corrected chi connectivity index (χ4v) is 0.948. The molecule has 0 aromatic heterocycles. The van der Waals surface area contributed by atoms with E-state index in [0.717, 1.165) is 13.0 Å². The molecule has 0 saturated carbocycles. The summed E-state index contributed by atoms with van der Waals surface area (Å²) in [4.78, 5) is 4.31. The van der Waals surface area contributed by atoms with Crippen LogP contribution in [0.15, 0.2) is 16.1 Å². The molecule has 1 nitrogen and oxygen atoms in total. The van der Waals surface area contributed by atoms with Crippen LogP contribution in [0.3, 0.4) is 0 Å². The molecule has 0 radical (unpaired) electrons. The van der Waals surface area contributed by atoms with Gasteiger partial charge in [0.1, 0.15) is 0 Å². The molecule has 0 rings (SSSR count). The van der Waals surface area contributed by atoms with E-state index < -0.39 is 0 Å². The van der Waals surface area contributed by atoms with Crippen LogP contribution in [0.5, 0.6) is 0 Å². The Morgan fingerprint density at radius 1 is 1.33 bits per heavy atom. The molecule has 0 aliphatic carbocycles. The third kappa shape index (κ3) is 4.32. The molecule has 0 spiro atoms. The Bertz CT molecular complexity index is 175. The third-order valence-corrected chi connectivity index (χ3v) is 2.18. The zero-order valence-electron chi connectivity index (χ0n) is 9.02. The third-order valence-electron chi connectivity index (χ3n) is 2.18. The summed E-state index contributed by atoms with van der Waals surface area (Å²) in [6, 6.07) is 0. The fourth-order valence-electron chi connectivity index (χ4n) is 0.948. The second-order valence-corrected chi connectivity index (χ2v) is 3.55. The van der Waals surface area contributed by atoms with Crippen molar-refractivity contribution in [3.05, 3.63) is 11.1 Å². The van der Waals surface area contributed by atoms with Crippen molar-refractivity contribution >= 4 is 6.21 Å². The van der Waals surface area contributed by atoms with Gasteiger partial charge < -0.3 is 0 Å². The Morgan fingerprint density at radius 2 is 1.92 bits per heavy atom. The minimum atomic E-state index is 0.654. The molecule has 0 N–H and O–H groups in total. The Balaban J connectivity index is 4.08. The minimum Gasteiger partial charge on any atom is -0.293 e. The van der Waals surface area contributed by atoms with Gasteiger partial charge in [-0.05, 0) is 32.4 Å². The van der Waals surface area contributed by atoms with Gasteiger partial charge in [-0.15, -0.1) is 0 Å². The SMILES string of the molecule is CCC=NC/C(C)=C(/C)C(C)C. The van der Waals surface area contributed by atoms with Crippen molar-refractivity contribution in [1.29, 1.82) is 0 Å². The summed E-state index contributed by atoms with van der Waals surface area (Å²) in [7, 11) is 0. The molecule has 0 bridgehead atoms. The predicted molar refractivity (Wildman–Crippen MR) is 56.9 cm³/mol. The normalized spacial score (nSPS) is 14.2. The van der Waals surface area contributed by atoms with Crippen molar-refractivity contribution < 1.29 is 0 Å². The molecule has 0 aromatic carbocycles. The molecular weight excluding hydrogens is 146 g/mol. The van der Waals surface area contributed by atoms with Crippen molar-refractivity contribution in [2.75, 3.05) is 6.54 Å². The maximum Gasteiger partial charge on any atom is 0.0595 e. The summed E-state index contributed by atoms with van der Waals surface area (Å²) in [6.07, 6.45) is 3.02. The van der Waals surface area contributed by atoms with Crippen LogP contribution in [0.2, 0.25) is 0 Å². The lowest BCUT2D eigenvalue weighted by Crippen LogP contribution is -1.96. The number of allylic oxidation sites excluding steroid dienone is 1. The number of hydrogen-bond donors (Lipinski definition) is 0. The number of hydrogen-bond acceptors (Lipinski definition) is 1. The topological polar surface area (TPSA) is 12.4 Å². The van der Waals surface area contributed by atoms with E-state index in [9.17, 15) is 0 Å². The molecule has 0 saturated heterocycles. The summed E-state index contributed by atoms with van der Waals surface area (Å²) in [5, 5.41) is 0.